The minimum Gasteiger partial charge on any atom is -0.394 e. The third kappa shape index (κ3) is 4.42. The molecule has 1 saturated carbocycles. The van der Waals surface area contributed by atoms with Gasteiger partial charge in [-0.15, -0.1) is 0 Å². The molecule has 1 saturated heterocycles. The van der Waals surface area contributed by atoms with E-state index in [9.17, 15) is 9.90 Å². The Bertz CT molecular complexity index is 532. The van der Waals surface area contributed by atoms with Gasteiger partial charge >= 0.3 is 6.03 Å². The number of amides is 2. The lowest BCUT2D eigenvalue weighted by molar-refractivity contribution is 0.166. The molecule has 1 aliphatic heterocycles. The van der Waals surface area contributed by atoms with E-state index in [1.807, 2.05) is 23.9 Å². The highest BCUT2D eigenvalue weighted by atomic mass is 32.2. The highest BCUT2D eigenvalue weighted by molar-refractivity contribution is 7.99. The van der Waals surface area contributed by atoms with Crippen LogP contribution in [0.2, 0.25) is 0 Å². The summed E-state index contributed by atoms with van der Waals surface area (Å²) in [4.78, 5) is 14.1. The quantitative estimate of drug-likeness (QED) is 0.860. The highest BCUT2D eigenvalue weighted by Gasteiger charge is 2.28. The third-order valence-electron chi connectivity index (χ3n) is 4.81. The number of aliphatic hydroxyl groups excluding tert-OH is 1. The van der Waals surface area contributed by atoms with Crippen LogP contribution in [0.3, 0.4) is 0 Å². The van der Waals surface area contributed by atoms with Crippen molar-refractivity contribution in [3.05, 3.63) is 29.8 Å². The average Bonchev–Trinajstić information content (AvgIpc) is 3.24. The van der Waals surface area contributed by atoms with Gasteiger partial charge in [-0.25, -0.2) is 4.79 Å². The standard InChI is InChI=1S/C18H26N2O2S/c21-12-16-7-4-10-20(16)18(22)19-15-6-3-5-14(11-15)13-23-17-8-1-2-9-17/h3,5-6,11,16-17,21H,1-2,4,7-10,12-13H2,(H,19,22)/t16-/m0/s1. The molecule has 4 nitrogen and oxygen atoms in total. The van der Waals surface area contributed by atoms with Crippen molar-refractivity contribution in [2.75, 3.05) is 18.5 Å². The van der Waals surface area contributed by atoms with E-state index in [4.69, 9.17) is 0 Å². The lowest BCUT2D eigenvalue weighted by atomic mass is 10.2. The second-order valence-electron chi connectivity index (χ2n) is 6.52. The predicted octanol–water partition coefficient (Wildman–Crippen LogP) is 3.85. The van der Waals surface area contributed by atoms with E-state index >= 15 is 0 Å². The van der Waals surface area contributed by atoms with Crippen LogP contribution in [0.25, 0.3) is 0 Å². The van der Waals surface area contributed by atoms with Gasteiger partial charge in [0.05, 0.1) is 12.6 Å². The topological polar surface area (TPSA) is 52.6 Å². The molecule has 1 aromatic rings. The Balaban J connectivity index is 1.55. The zero-order chi connectivity index (χ0) is 16.1. The number of carbonyl (C=O) groups excluding carboxylic acids is 1. The SMILES string of the molecule is O=C(Nc1cccc(CSC2CCCC2)c1)N1CCC[C@H]1CO. The Kier molecular flexibility index (Phi) is 5.84. The van der Waals surface area contributed by atoms with E-state index < -0.39 is 0 Å². The van der Waals surface area contributed by atoms with E-state index in [0.717, 1.165) is 36.1 Å². The molecule has 0 bridgehead atoms. The van der Waals surface area contributed by atoms with Gasteiger partial charge in [-0.3, -0.25) is 0 Å². The van der Waals surface area contributed by atoms with Gasteiger partial charge in [0, 0.05) is 23.2 Å². The number of hydrogen-bond acceptors (Lipinski definition) is 3. The molecule has 2 amide bonds. The molecule has 2 aliphatic rings. The Hall–Kier alpha value is -1.20. The molecule has 0 aromatic heterocycles. The van der Waals surface area contributed by atoms with Crippen molar-refractivity contribution in [1.29, 1.82) is 0 Å². The first kappa shape index (κ1) is 16.7. The number of thioether (sulfide) groups is 1. The fraction of sp³-hybridized carbons (Fsp3) is 0.611. The van der Waals surface area contributed by atoms with Gasteiger partial charge in [0.25, 0.3) is 0 Å². The molecule has 1 aliphatic carbocycles. The van der Waals surface area contributed by atoms with Crippen molar-refractivity contribution in [2.24, 2.45) is 0 Å². The molecule has 5 heteroatoms. The first-order valence-electron chi connectivity index (χ1n) is 8.65. The summed E-state index contributed by atoms with van der Waals surface area (Å²) in [6.45, 7) is 0.778. The zero-order valence-electron chi connectivity index (χ0n) is 13.5. The predicted molar refractivity (Wildman–Crippen MR) is 95.8 cm³/mol. The minimum absolute atomic E-state index is 0.0314. The van der Waals surface area contributed by atoms with Crippen LogP contribution in [0.1, 0.15) is 44.1 Å². The molecule has 23 heavy (non-hydrogen) atoms. The first-order chi connectivity index (χ1) is 11.3. The summed E-state index contributed by atoms with van der Waals surface area (Å²) in [6.07, 6.45) is 7.29. The van der Waals surface area contributed by atoms with E-state index in [1.54, 1.807) is 4.90 Å². The molecule has 0 radical (unpaired) electrons. The molecule has 1 heterocycles. The number of benzene rings is 1. The summed E-state index contributed by atoms with van der Waals surface area (Å²) in [7, 11) is 0. The average molecular weight is 334 g/mol. The van der Waals surface area contributed by atoms with Gasteiger partial charge in [-0.05, 0) is 43.4 Å². The summed E-state index contributed by atoms with van der Waals surface area (Å²) in [5.41, 5.74) is 2.11. The molecular weight excluding hydrogens is 308 g/mol. The number of hydrogen-bond donors (Lipinski definition) is 2. The van der Waals surface area contributed by atoms with Crippen LogP contribution in [-0.4, -0.2) is 40.5 Å². The normalized spacial score (nSPS) is 21.8. The zero-order valence-corrected chi connectivity index (χ0v) is 14.4. The number of nitrogens with one attached hydrogen (secondary N) is 1. The smallest absolute Gasteiger partial charge is 0.322 e. The summed E-state index contributed by atoms with van der Waals surface area (Å²) in [5.74, 6) is 1.01. The van der Waals surface area contributed by atoms with Crippen molar-refractivity contribution in [2.45, 2.75) is 55.6 Å². The second-order valence-corrected chi connectivity index (χ2v) is 7.81. The number of rotatable bonds is 5. The molecule has 2 fully saturated rings. The van der Waals surface area contributed by atoms with Gasteiger partial charge in [0.2, 0.25) is 0 Å². The van der Waals surface area contributed by atoms with E-state index in [1.165, 1.54) is 31.2 Å². The molecule has 2 N–H and O–H groups in total. The summed E-state index contributed by atoms with van der Waals surface area (Å²) >= 11 is 2.04. The van der Waals surface area contributed by atoms with Crippen LogP contribution >= 0.6 is 11.8 Å². The van der Waals surface area contributed by atoms with Crippen molar-refractivity contribution in [3.63, 3.8) is 0 Å². The van der Waals surface area contributed by atoms with Crippen LogP contribution in [0, 0.1) is 0 Å². The Morgan fingerprint density at radius 1 is 1.26 bits per heavy atom. The fourth-order valence-corrected chi connectivity index (χ4v) is 4.77. The highest BCUT2D eigenvalue weighted by Crippen LogP contribution is 2.32. The largest absolute Gasteiger partial charge is 0.394 e. The van der Waals surface area contributed by atoms with Crippen molar-refractivity contribution < 1.29 is 9.90 Å². The van der Waals surface area contributed by atoms with Crippen LogP contribution in [0.15, 0.2) is 24.3 Å². The molecule has 0 spiro atoms. The Labute approximate surface area is 142 Å². The number of carbonyl (C=O) groups is 1. The van der Waals surface area contributed by atoms with Gasteiger partial charge in [-0.2, -0.15) is 11.8 Å². The summed E-state index contributed by atoms with van der Waals surface area (Å²) in [6, 6.07) is 8.02. The number of likely N-dealkylation sites (tertiary alicyclic amines) is 1. The van der Waals surface area contributed by atoms with Crippen molar-refractivity contribution >= 4 is 23.5 Å². The van der Waals surface area contributed by atoms with E-state index in [2.05, 4.69) is 17.4 Å². The van der Waals surface area contributed by atoms with Crippen molar-refractivity contribution in [3.8, 4) is 0 Å². The maximum absolute atomic E-state index is 12.4. The van der Waals surface area contributed by atoms with Gasteiger partial charge in [-0.1, -0.05) is 25.0 Å². The second kappa shape index (κ2) is 8.06. The molecular formula is C18H26N2O2S. The third-order valence-corrected chi connectivity index (χ3v) is 6.26. The monoisotopic (exact) mass is 334 g/mol. The molecule has 126 valence electrons. The fourth-order valence-electron chi connectivity index (χ4n) is 3.50. The molecule has 3 rings (SSSR count). The van der Waals surface area contributed by atoms with Gasteiger partial charge in [0.1, 0.15) is 0 Å². The lowest BCUT2D eigenvalue weighted by Gasteiger charge is -2.23. The minimum atomic E-state index is -0.0952. The van der Waals surface area contributed by atoms with Crippen molar-refractivity contribution in [1.82, 2.24) is 4.90 Å². The number of urea groups is 1. The van der Waals surface area contributed by atoms with Crippen LogP contribution in [0.4, 0.5) is 10.5 Å². The van der Waals surface area contributed by atoms with E-state index in [-0.39, 0.29) is 18.7 Å². The molecule has 1 atom stereocenters. The van der Waals surface area contributed by atoms with Gasteiger partial charge < -0.3 is 15.3 Å². The Morgan fingerprint density at radius 3 is 2.87 bits per heavy atom. The number of nitrogens with zero attached hydrogens (tertiary/aromatic N) is 1. The number of aliphatic hydroxyl groups is 1. The van der Waals surface area contributed by atoms with Crippen LogP contribution in [0.5, 0.6) is 0 Å². The van der Waals surface area contributed by atoms with Gasteiger partial charge in [0.15, 0.2) is 0 Å². The summed E-state index contributed by atoms with van der Waals surface area (Å²) < 4.78 is 0. The van der Waals surface area contributed by atoms with Crippen LogP contribution < -0.4 is 5.32 Å². The Morgan fingerprint density at radius 2 is 2.09 bits per heavy atom. The maximum Gasteiger partial charge on any atom is 0.322 e. The maximum atomic E-state index is 12.4. The lowest BCUT2D eigenvalue weighted by Crippen LogP contribution is -2.40. The van der Waals surface area contributed by atoms with Crippen LogP contribution in [-0.2, 0) is 5.75 Å². The number of anilines is 1. The summed E-state index contributed by atoms with van der Waals surface area (Å²) in [5, 5.41) is 13.1. The molecule has 1 aromatic carbocycles. The van der Waals surface area contributed by atoms with E-state index in [0.29, 0.717) is 0 Å². The molecule has 0 unspecified atom stereocenters. The first-order valence-corrected chi connectivity index (χ1v) is 9.70.